The van der Waals surface area contributed by atoms with Gasteiger partial charge < -0.3 is 24.7 Å². The molecule has 0 spiro atoms. The number of oxazole rings is 1. The Hall–Kier alpha value is -3.79. The van der Waals surface area contributed by atoms with Gasteiger partial charge in [0, 0.05) is 56.5 Å². The number of fused-ring (bicyclic) bond motifs is 2. The van der Waals surface area contributed by atoms with E-state index in [-0.39, 0.29) is 17.9 Å². The van der Waals surface area contributed by atoms with E-state index in [0.717, 1.165) is 42.5 Å². The number of benzene rings is 1. The molecule has 0 radical (unpaired) electrons. The zero-order valence-corrected chi connectivity index (χ0v) is 18.3. The van der Waals surface area contributed by atoms with Crippen LogP contribution in [0.1, 0.15) is 12.8 Å². The van der Waals surface area contributed by atoms with Crippen LogP contribution in [0, 0.1) is 5.92 Å². The van der Waals surface area contributed by atoms with Crippen molar-refractivity contribution in [2.24, 2.45) is 5.92 Å². The standard InChI is InChI=1S/C23H23N7O3/c1-24-21-20-15(8-19(28-29-20)27-22(31)12-3-4-12)16(9-25-21)23-26-17-6-5-13(7-18(17)33-23)30-10-14(11-30)32-2/h5-9,12,14H,3-4,10-11H2,1-2H3,(H,24,25)(H,27,28,31). The van der Waals surface area contributed by atoms with Crippen LogP contribution in [-0.2, 0) is 9.53 Å². The van der Waals surface area contributed by atoms with E-state index in [4.69, 9.17) is 9.15 Å². The van der Waals surface area contributed by atoms with Gasteiger partial charge in [-0.15, -0.1) is 10.2 Å². The van der Waals surface area contributed by atoms with E-state index in [2.05, 4.69) is 35.7 Å². The average molecular weight is 445 g/mol. The van der Waals surface area contributed by atoms with E-state index in [1.807, 2.05) is 18.2 Å². The fourth-order valence-electron chi connectivity index (χ4n) is 4.04. The molecule has 2 aliphatic rings. The van der Waals surface area contributed by atoms with Crippen molar-refractivity contribution in [2.75, 3.05) is 42.8 Å². The molecule has 3 aromatic heterocycles. The Kier molecular flexibility index (Phi) is 4.61. The van der Waals surface area contributed by atoms with Crippen LogP contribution in [0.25, 0.3) is 33.5 Å². The molecule has 1 aromatic carbocycles. The van der Waals surface area contributed by atoms with E-state index < -0.39 is 0 Å². The van der Waals surface area contributed by atoms with Crippen LogP contribution >= 0.6 is 0 Å². The molecule has 33 heavy (non-hydrogen) atoms. The Bertz CT molecular complexity index is 1380. The molecule has 0 bridgehead atoms. The highest BCUT2D eigenvalue weighted by Crippen LogP contribution is 2.35. The van der Waals surface area contributed by atoms with Gasteiger partial charge in [-0.2, -0.15) is 0 Å². The minimum atomic E-state index is -0.0239. The first-order valence-electron chi connectivity index (χ1n) is 11.0. The molecule has 1 saturated heterocycles. The predicted molar refractivity (Wildman–Crippen MR) is 124 cm³/mol. The zero-order valence-electron chi connectivity index (χ0n) is 18.3. The Morgan fingerprint density at radius 1 is 1.21 bits per heavy atom. The van der Waals surface area contributed by atoms with Crippen molar-refractivity contribution in [2.45, 2.75) is 18.9 Å². The lowest BCUT2D eigenvalue weighted by molar-refractivity contribution is -0.117. The summed E-state index contributed by atoms with van der Waals surface area (Å²) in [6.07, 6.45) is 3.80. The second-order valence-electron chi connectivity index (χ2n) is 8.46. The maximum Gasteiger partial charge on any atom is 0.229 e. The Morgan fingerprint density at radius 2 is 2.06 bits per heavy atom. The molecular weight excluding hydrogens is 422 g/mol. The van der Waals surface area contributed by atoms with E-state index in [0.29, 0.717) is 34.2 Å². The number of nitrogens with zero attached hydrogens (tertiary/aromatic N) is 5. The second-order valence-corrected chi connectivity index (χ2v) is 8.46. The quantitative estimate of drug-likeness (QED) is 0.461. The molecule has 2 N–H and O–H groups in total. The molecular formula is C23H23N7O3. The number of hydrogen-bond donors (Lipinski definition) is 2. The summed E-state index contributed by atoms with van der Waals surface area (Å²) in [5, 5.41) is 15.1. The van der Waals surface area contributed by atoms with Gasteiger partial charge >= 0.3 is 0 Å². The molecule has 1 aliphatic carbocycles. The van der Waals surface area contributed by atoms with Gasteiger partial charge in [0.25, 0.3) is 0 Å². The van der Waals surface area contributed by atoms with E-state index in [1.165, 1.54) is 0 Å². The smallest absolute Gasteiger partial charge is 0.229 e. The van der Waals surface area contributed by atoms with Gasteiger partial charge in [-0.3, -0.25) is 4.79 Å². The average Bonchev–Trinajstić information content (AvgIpc) is 3.57. The molecule has 1 saturated carbocycles. The predicted octanol–water partition coefficient (Wildman–Crippen LogP) is 3.06. The van der Waals surface area contributed by atoms with Crippen molar-refractivity contribution in [3.63, 3.8) is 0 Å². The minimum Gasteiger partial charge on any atom is -0.436 e. The Balaban J connectivity index is 1.39. The van der Waals surface area contributed by atoms with Crippen molar-refractivity contribution in [1.29, 1.82) is 0 Å². The summed E-state index contributed by atoms with van der Waals surface area (Å²) in [6.45, 7) is 1.72. The molecule has 4 heterocycles. The second kappa shape index (κ2) is 7.66. The summed E-state index contributed by atoms with van der Waals surface area (Å²) < 4.78 is 11.5. The molecule has 0 unspecified atom stereocenters. The lowest BCUT2D eigenvalue weighted by atomic mass is 10.1. The Labute approximate surface area is 189 Å². The molecule has 0 atom stereocenters. The summed E-state index contributed by atoms with van der Waals surface area (Å²) in [5.74, 6) is 1.48. The molecule has 6 rings (SSSR count). The summed E-state index contributed by atoms with van der Waals surface area (Å²) in [6, 6.07) is 7.79. The van der Waals surface area contributed by atoms with E-state index in [9.17, 15) is 4.79 Å². The van der Waals surface area contributed by atoms with Crippen molar-refractivity contribution < 1.29 is 13.9 Å². The molecule has 10 nitrogen and oxygen atoms in total. The summed E-state index contributed by atoms with van der Waals surface area (Å²) in [5.41, 5.74) is 3.78. The number of carbonyl (C=O) groups is 1. The molecule has 2 fully saturated rings. The van der Waals surface area contributed by atoms with Crippen LogP contribution in [0.5, 0.6) is 0 Å². The van der Waals surface area contributed by atoms with Crippen molar-refractivity contribution in [1.82, 2.24) is 20.2 Å². The van der Waals surface area contributed by atoms with Gasteiger partial charge in [0.15, 0.2) is 17.2 Å². The maximum absolute atomic E-state index is 12.2. The summed E-state index contributed by atoms with van der Waals surface area (Å²) in [4.78, 5) is 23.6. The van der Waals surface area contributed by atoms with Gasteiger partial charge in [-0.1, -0.05) is 0 Å². The number of rotatable bonds is 6. The molecule has 168 valence electrons. The van der Waals surface area contributed by atoms with Crippen LogP contribution < -0.4 is 15.5 Å². The lowest BCUT2D eigenvalue weighted by Gasteiger charge is -2.39. The topological polar surface area (TPSA) is 118 Å². The number of hydrogen-bond acceptors (Lipinski definition) is 9. The molecule has 1 amide bonds. The van der Waals surface area contributed by atoms with Crippen LogP contribution in [0.2, 0.25) is 0 Å². The number of amides is 1. The van der Waals surface area contributed by atoms with Crippen LogP contribution in [0.3, 0.4) is 0 Å². The largest absolute Gasteiger partial charge is 0.436 e. The van der Waals surface area contributed by atoms with E-state index >= 15 is 0 Å². The van der Waals surface area contributed by atoms with Gasteiger partial charge in [0.2, 0.25) is 11.8 Å². The molecule has 1 aliphatic heterocycles. The highest BCUT2D eigenvalue weighted by atomic mass is 16.5. The highest BCUT2D eigenvalue weighted by molar-refractivity contribution is 6.01. The third-order valence-corrected chi connectivity index (χ3v) is 6.22. The SMILES string of the molecule is CNc1ncc(-c2nc3ccc(N4CC(OC)C4)cc3o2)c2cc(NC(=O)C3CC3)nnc12. The first-order valence-corrected chi connectivity index (χ1v) is 11.0. The summed E-state index contributed by atoms with van der Waals surface area (Å²) in [7, 11) is 3.51. The molecule has 4 aromatic rings. The zero-order chi connectivity index (χ0) is 22.5. The number of ether oxygens (including phenoxy) is 1. The fourth-order valence-corrected chi connectivity index (χ4v) is 4.04. The molecule has 10 heteroatoms. The van der Waals surface area contributed by atoms with Crippen LogP contribution in [-0.4, -0.2) is 59.4 Å². The minimum absolute atomic E-state index is 0.0239. The van der Waals surface area contributed by atoms with Gasteiger partial charge in [0.1, 0.15) is 11.0 Å². The number of nitrogens with one attached hydrogen (secondary N) is 2. The van der Waals surface area contributed by atoms with Crippen molar-refractivity contribution >= 4 is 45.2 Å². The number of aromatic nitrogens is 4. The fraction of sp³-hybridized carbons (Fsp3) is 0.348. The first-order chi connectivity index (χ1) is 16.1. The van der Waals surface area contributed by atoms with Crippen LogP contribution in [0.4, 0.5) is 17.3 Å². The first kappa shape index (κ1) is 19.9. The van der Waals surface area contributed by atoms with Gasteiger partial charge in [0.05, 0.1) is 11.7 Å². The van der Waals surface area contributed by atoms with Gasteiger partial charge in [-0.25, -0.2) is 9.97 Å². The third kappa shape index (κ3) is 3.52. The Morgan fingerprint density at radius 3 is 2.82 bits per heavy atom. The number of pyridine rings is 1. The summed E-state index contributed by atoms with van der Waals surface area (Å²) >= 11 is 0. The van der Waals surface area contributed by atoms with Crippen molar-refractivity contribution in [3.8, 4) is 11.5 Å². The number of methoxy groups -OCH3 is 1. The monoisotopic (exact) mass is 445 g/mol. The number of carbonyl (C=O) groups excluding carboxylic acids is 1. The van der Waals surface area contributed by atoms with Crippen LogP contribution in [0.15, 0.2) is 34.9 Å². The maximum atomic E-state index is 12.2. The number of anilines is 3. The van der Waals surface area contributed by atoms with E-state index in [1.54, 1.807) is 26.4 Å². The normalized spacial score (nSPS) is 16.2. The van der Waals surface area contributed by atoms with Gasteiger partial charge in [-0.05, 0) is 31.0 Å². The highest BCUT2D eigenvalue weighted by Gasteiger charge is 2.30. The van der Waals surface area contributed by atoms with Crippen molar-refractivity contribution in [3.05, 3.63) is 30.5 Å². The lowest BCUT2D eigenvalue weighted by Crippen LogP contribution is -2.51. The third-order valence-electron chi connectivity index (χ3n) is 6.22.